The summed E-state index contributed by atoms with van der Waals surface area (Å²) in [6.07, 6.45) is 1.58. The standard InChI is InChI=1S/C23H23N3O3S2/c1-12-7-8-13(2)17(10-12)24-21(27)15(4)31-14(3)20-25-22(28)19-16(11-30-23(19)26-20)18-6-5-9-29-18/h5-11,14-15H,1-4H3,(H,24,27)(H,25,26,28)/t14-,15+/m0/s1. The van der Waals surface area contributed by atoms with Crippen molar-refractivity contribution in [1.82, 2.24) is 9.97 Å². The molecule has 160 valence electrons. The molecule has 4 rings (SSSR count). The largest absolute Gasteiger partial charge is 0.464 e. The number of anilines is 1. The fourth-order valence-corrected chi connectivity index (χ4v) is 5.28. The Bertz CT molecular complexity index is 1290. The first-order valence-electron chi connectivity index (χ1n) is 9.92. The maximum absolute atomic E-state index is 12.8. The average Bonchev–Trinajstić information content (AvgIpc) is 3.40. The van der Waals surface area contributed by atoms with Crippen LogP contribution in [0.5, 0.6) is 0 Å². The molecule has 0 aliphatic rings. The number of H-pyrrole nitrogens is 1. The van der Waals surface area contributed by atoms with E-state index in [1.807, 2.05) is 57.3 Å². The van der Waals surface area contributed by atoms with Crippen LogP contribution in [-0.4, -0.2) is 21.1 Å². The normalized spacial score (nSPS) is 13.3. The number of amides is 1. The van der Waals surface area contributed by atoms with Gasteiger partial charge in [0.05, 0.1) is 22.1 Å². The van der Waals surface area contributed by atoms with Gasteiger partial charge >= 0.3 is 0 Å². The number of carbonyl (C=O) groups excluding carboxylic acids is 1. The molecule has 1 aromatic carbocycles. The number of benzene rings is 1. The third-order valence-electron chi connectivity index (χ3n) is 5.06. The van der Waals surface area contributed by atoms with Crippen LogP contribution in [0.4, 0.5) is 5.69 Å². The summed E-state index contributed by atoms with van der Waals surface area (Å²) in [5.41, 5.74) is 3.47. The van der Waals surface area contributed by atoms with Crippen molar-refractivity contribution in [2.45, 2.75) is 38.2 Å². The van der Waals surface area contributed by atoms with Gasteiger partial charge in [0.15, 0.2) is 0 Å². The summed E-state index contributed by atoms with van der Waals surface area (Å²) in [5, 5.41) is 4.94. The van der Waals surface area contributed by atoms with Gasteiger partial charge in [0.2, 0.25) is 5.91 Å². The lowest BCUT2D eigenvalue weighted by Crippen LogP contribution is -2.24. The zero-order chi connectivity index (χ0) is 22.1. The van der Waals surface area contributed by atoms with Crippen LogP contribution in [0.15, 0.2) is 51.2 Å². The summed E-state index contributed by atoms with van der Waals surface area (Å²) >= 11 is 2.86. The zero-order valence-corrected chi connectivity index (χ0v) is 19.3. The smallest absolute Gasteiger partial charge is 0.260 e. The third-order valence-corrected chi connectivity index (χ3v) is 7.19. The van der Waals surface area contributed by atoms with Crippen LogP contribution in [-0.2, 0) is 4.79 Å². The molecule has 0 bridgehead atoms. The molecule has 0 saturated carbocycles. The van der Waals surface area contributed by atoms with Crippen LogP contribution >= 0.6 is 23.1 Å². The number of rotatable bonds is 6. The highest BCUT2D eigenvalue weighted by molar-refractivity contribution is 8.00. The van der Waals surface area contributed by atoms with Gasteiger partial charge in [0, 0.05) is 16.6 Å². The van der Waals surface area contributed by atoms with Gasteiger partial charge in [-0.25, -0.2) is 4.98 Å². The van der Waals surface area contributed by atoms with E-state index >= 15 is 0 Å². The van der Waals surface area contributed by atoms with Crippen molar-refractivity contribution in [2.75, 3.05) is 5.32 Å². The van der Waals surface area contributed by atoms with E-state index in [0.717, 1.165) is 22.4 Å². The van der Waals surface area contributed by atoms with E-state index in [4.69, 9.17) is 4.42 Å². The molecule has 2 atom stereocenters. The van der Waals surface area contributed by atoms with Crippen molar-refractivity contribution in [2.24, 2.45) is 0 Å². The molecule has 0 spiro atoms. The first-order chi connectivity index (χ1) is 14.8. The molecule has 4 aromatic rings. The number of aromatic nitrogens is 2. The van der Waals surface area contributed by atoms with Crippen LogP contribution in [0.2, 0.25) is 0 Å². The van der Waals surface area contributed by atoms with Gasteiger partial charge in [-0.2, -0.15) is 0 Å². The van der Waals surface area contributed by atoms with E-state index in [1.54, 1.807) is 12.3 Å². The summed E-state index contributed by atoms with van der Waals surface area (Å²) in [5.74, 6) is 1.12. The first kappa shape index (κ1) is 21.4. The number of fused-ring (bicyclic) bond motifs is 1. The molecular formula is C23H23N3O3S2. The predicted molar refractivity (Wildman–Crippen MR) is 128 cm³/mol. The highest BCUT2D eigenvalue weighted by Gasteiger charge is 2.22. The van der Waals surface area contributed by atoms with Gasteiger partial charge in [0.1, 0.15) is 16.4 Å². The summed E-state index contributed by atoms with van der Waals surface area (Å²) in [4.78, 5) is 33.7. The van der Waals surface area contributed by atoms with E-state index in [9.17, 15) is 9.59 Å². The number of hydrogen-bond donors (Lipinski definition) is 2. The number of aromatic amines is 1. The fourth-order valence-electron chi connectivity index (χ4n) is 3.31. The maximum atomic E-state index is 12.8. The second-order valence-electron chi connectivity index (χ2n) is 7.49. The molecule has 2 N–H and O–H groups in total. The molecule has 0 aliphatic carbocycles. The van der Waals surface area contributed by atoms with Crippen LogP contribution < -0.4 is 10.9 Å². The lowest BCUT2D eigenvalue weighted by Gasteiger charge is -2.17. The van der Waals surface area contributed by atoms with E-state index in [2.05, 4.69) is 15.3 Å². The third kappa shape index (κ3) is 4.45. The van der Waals surface area contributed by atoms with Crippen molar-refractivity contribution in [3.8, 4) is 11.3 Å². The Morgan fingerprint density at radius 1 is 1.26 bits per heavy atom. The number of aryl methyl sites for hydroxylation is 2. The highest BCUT2D eigenvalue weighted by Crippen LogP contribution is 2.34. The van der Waals surface area contributed by atoms with E-state index in [-0.39, 0.29) is 22.0 Å². The topological polar surface area (TPSA) is 88.0 Å². The van der Waals surface area contributed by atoms with Gasteiger partial charge in [-0.3, -0.25) is 9.59 Å². The minimum absolute atomic E-state index is 0.0785. The molecule has 3 heterocycles. The summed E-state index contributed by atoms with van der Waals surface area (Å²) in [7, 11) is 0. The number of nitrogens with zero attached hydrogens (tertiary/aromatic N) is 1. The lowest BCUT2D eigenvalue weighted by molar-refractivity contribution is -0.115. The molecular weight excluding hydrogens is 430 g/mol. The molecule has 0 aliphatic heterocycles. The number of furan rings is 1. The first-order valence-corrected chi connectivity index (χ1v) is 11.7. The number of hydrogen-bond acceptors (Lipinski definition) is 6. The number of carbonyl (C=O) groups is 1. The second-order valence-corrected chi connectivity index (χ2v) is 10.0. The Labute approximate surface area is 188 Å². The van der Waals surface area contributed by atoms with Crippen molar-refractivity contribution in [3.05, 3.63) is 69.3 Å². The average molecular weight is 454 g/mol. The van der Waals surface area contributed by atoms with Crippen LogP contribution in [0, 0.1) is 13.8 Å². The van der Waals surface area contributed by atoms with Crippen molar-refractivity contribution in [3.63, 3.8) is 0 Å². The van der Waals surface area contributed by atoms with E-state index in [0.29, 0.717) is 21.8 Å². The predicted octanol–water partition coefficient (Wildman–Crippen LogP) is 5.68. The molecule has 0 unspecified atom stereocenters. The second kappa shape index (κ2) is 8.72. The van der Waals surface area contributed by atoms with Crippen molar-refractivity contribution in [1.29, 1.82) is 0 Å². The minimum atomic E-state index is -0.321. The fraction of sp³-hybridized carbons (Fsp3) is 0.261. The Kier molecular flexibility index (Phi) is 6.02. The summed E-state index contributed by atoms with van der Waals surface area (Å²) in [6, 6.07) is 9.59. The molecule has 0 saturated heterocycles. The quantitative estimate of drug-likeness (QED) is 0.392. The van der Waals surface area contributed by atoms with Gasteiger partial charge in [-0.15, -0.1) is 23.1 Å². The van der Waals surface area contributed by atoms with Gasteiger partial charge in [0.25, 0.3) is 5.56 Å². The number of nitrogens with one attached hydrogen (secondary N) is 2. The molecule has 1 amide bonds. The summed E-state index contributed by atoms with van der Waals surface area (Å²) in [6.45, 7) is 7.77. The van der Waals surface area contributed by atoms with Crippen LogP contribution in [0.3, 0.4) is 0 Å². The zero-order valence-electron chi connectivity index (χ0n) is 17.7. The van der Waals surface area contributed by atoms with Gasteiger partial charge < -0.3 is 14.7 Å². The number of thioether (sulfide) groups is 1. The molecule has 0 radical (unpaired) electrons. The monoisotopic (exact) mass is 453 g/mol. The van der Waals surface area contributed by atoms with Crippen molar-refractivity contribution >= 4 is 44.9 Å². The minimum Gasteiger partial charge on any atom is -0.464 e. The molecule has 6 nitrogen and oxygen atoms in total. The number of thiophene rings is 1. The van der Waals surface area contributed by atoms with Gasteiger partial charge in [-0.05, 0) is 57.0 Å². The highest BCUT2D eigenvalue weighted by atomic mass is 32.2. The Hall–Kier alpha value is -2.84. The van der Waals surface area contributed by atoms with Gasteiger partial charge in [-0.1, -0.05) is 12.1 Å². The molecule has 0 fully saturated rings. The van der Waals surface area contributed by atoms with Crippen LogP contribution in [0.25, 0.3) is 21.5 Å². The molecule has 3 aromatic heterocycles. The summed E-state index contributed by atoms with van der Waals surface area (Å²) < 4.78 is 5.44. The molecule has 8 heteroatoms. The SMILES string of the molecule is Cc1ccc(C)c(NC(=O)[C@@H](C)S[C@@H](C)c2nc3scc(-c4ccco4)c3c(=O)[nH]2)c1. The Morgan fingerprint density at radius 2 is 2.06 bits per heavy atom. The maximum Gasteiger partial charge on any atom is 0.260 e. The molecule has 31 heavy (non-hydrogen) atoms. The lowest BCUT2D eigenvalue weighted by atomic mass is 10.1. The Morgan fingerprint density at radius 3 is 2.81 bits per heavy atom. The van der Waals surface area contributed by atoms with Crippen molar-refractivity contribution < 1.29 is 9.21 Å². The van der Waals surface area contributed by atoms with E-state index < -0.39 is 0 Å². The van der Waals surface area contributed by atoms with E-state index in [1.165, 1.54) is 23.1 Å². The van der Waals surface area contributed by atoms with Crippen LogP contribution in [0.1, 0.15) is 36.0 Å². The Balaban J connectivity index is 1.51.